The van der Waals surface area contributed by atoms with Crippen molar-refractivity contribution in [1.82, 2.24) is 0 Å². The van der Waals surface area contributed by atoms with Crippen molar-refractivity contribution in [2.45, 2.75) is 20.3 Å². The molecule has 2 nitrogen and oxygen atoms in total. The summed E-state index contributed by atoms with van der Waals surface area (Å²) in [5.74, 6) is 2.44. The molecule has 0 saturated carbocycles. The third-order valence-corrected chi connectivity index (χ3v) is 2.16. The van der Waals surface area contributed by atoms with E-state index in [9.17, 15) is 4.79 Å². The number of terminal acetylenes is 1. The first-order valence-corrected chi connectivity index (χ1v) is 5.22. The SMILES string of the molecule is C#Cc1cccc(NC(=O)/C(C)=C\CC)c1. The predicted octanol–water partition coefficient (Wildman–Crippen LogP) is 2.96. The van der Waals surface area contributed by atoms with Crippen molar-refractivity contribution in [3.05, 3.63) is 41.5 Å². The standard InChI is InChI=1S/C14H15NO/c1-4-7-11(3)14(16)15-13-9-6-8-12(5-2)10-13/h2,6-10H,4H2,1,3H3,(H,15,16)/b11-7-. The van der Waals surface area contributed by atoms with Crippen LogP contribution < -0.4 is 5.32 Å². The van der Waals surface area contributed by atoms with Gasteiger partial charge in [0.05, 0.1) is 0 Å². The number of allylic oxidation sites excluding steroid dienone is 1. The quantitative estimate of drug-likeness (QED) is 0.607. The van der Waals surface area contributed by atoms with Gasteiger partial charge in [-0.3, -0.25) is 4.79 Å². The van der Waals surface area contributed by atoms with Crippen LogP contribution >= 0.6 is 0 Å². The van der Waals surface area contributed by atoms with E-state index in [2.05, 4.69) is 11.2 Å². The number of anilines is 1. The van der Waals surface area contributed by atoms with E-state index in [1.807, 2.05) is 31.2 Å². The molecule has 16 heavy (non-hydrogen) atoms. The van der Waals surface area contributed by atoms with Crippen molar-refractivity contribution in [1.29, 1.82) is 0 Å². The zero-order valence-electron chi connectivity index (χ0n) is 9.58. The summed E-state index contributed by atoms with van der Waals surface area (Å²) in [4.78, 5) is 11.7. The Morgan fingerprint density at radius 3 is 2.94 bits per heavy atom. The van der Waals surface area contributed by atoms with Crippen molar-refractivity contribution >= 4 is 11.6 Å². The monoisotopic (exact) mass is 213 g/mol. The molecule has 0 fully saturated rings. The van der Waals surface area contributed by atoms with E-state index in [0.717, 1.165) is 17.7 Å². The summed E-state index contributed by atoms with van der Waals surface area (Å²) in [6, 6.07) is 7.24. The summed E-state index contributed by atoms with van der Waals surface area (Å²) in [5.41, 5.74) is 2.20. The molecule has 0 spiro atoms. The summed E-state index contributed by atoms with van der Waals surface area (Å²) in [5, 5.41) is 2.80. The number of amides is 1. The topological polar surface area (TPSA) is 29.1 Å². The van der Waals surface area contributed by atoms with Crippen LogP contribution in [0.25, 0.3) is 0 Å². The number of benzene rings is 1. The summed E-state index contributed by atoms with van der Waals surface area (Å²) >= 11 is 0. The Balaban J connectivity index is 2.78. The highest BCUT2D eigenvalue weighted by Gasteiger charge is 2.03. The molecule has 0 saturated heterocycles. The van der Waals surface area contributed by atoms with Crippen LogP contribution in [0.2, 0.25) is 0 Å². The smallest absolute Gasteiger partial charge is 0.250 e. The third kappa shape index (κ3) is 3.29. The minimum Gasteiger partial charge on any atom is -0.322 e. The Kier molecular flexibility index (Phi) is 4.35. The van der Waals surface area contributed by atoms with Gasteiger partial charge < -0.3 is 5.32 Å². The second-order valence-electron chi connectivity index (χ2n) is 3.47. The van der Waals surface area contributed by atoms with E-state index in [1.54, 1.807) is 13.0 Å². The van der Waals surface area contributed by atoms with Gasteiger partial charge in [-0.15, -0.1) is 6.42 Å². The molecule has 0 aliphatic heterocycles. The molecule has 1 amide bonds. The summed E-state index contributed by atoms with van der Waals surface area (Å²) in [6.07, 6.45) is 8.02. The minimum atomic E-state index is -0.0870. The van der Waals surface area contributed by atoms with Crippen LogP contribution in [-0.2, 0) is 4.79 Å². The van der Waals surface area contributed by atoms with Crippen molar-refractivity contribution in [2.24, 2.45) is 0 Å². The first kappa shape index (κ1) is 12.1. The van der Waals surface area contributed by atoms with Gasteiger partial charge in [-0.1, -0.05) is 25.0 Å². The van der Waals surface area contributed by atoms with Crippen LogP contribution in [0.15, 0.2) is 35.9 Å². The van der Waals surface area contributed by atoms with Crippen LogP contribution in [0.1, 0.15) is 25.8 Å². The third-order valence-electron chi connectivity index (χ3n) is 2.16. The molecular weight excluding hydrogens is 198 g/mol. The van der Waals surface area contributed by atoms with Crippen molar-refractivity contribution < 1.29 is 4.79 Å². The zero-order valence-corrected chi connectivity index (χ0v) is 9.58. The van der Waals surface area contributed by atoms with Gasteiger partial charge in [-0.2, -0.15) is 0 Å². The van der Waals surface area contributed by atoms with Gasteiger partial charge >= 0.3 is 0 Å². The molecule has 0 unspecified atom stereocenters. The van der Waals surface area contributed by atoms with Gasteiger partial charge in [0.15, 0.2) is 0 Å². The number of carbonyl (C=O) groups is 1. The Labute approximate surface area is 96.4 Å². The Hall–Kier alpha value is -2.01. The fourth-order valence-electron chi connectivity index (χ4n) is 1.32. The summed E-state index contributed by atoms with van der Waals surface area (Å²) < 4.78 is 0. The summed E-state index contributed by atoms with van der Waals surface area (Å²) in [6.45, 7) is 3.79. The van der Waals surface area contributed by atoms with E-state index in [1.165, 1.54) is 0 Å². The molecule has 2 heteroatoms. The van der Waals surface area contributed by atoms with Crippen LogP contribution in [0.3, 0.4) is 0 Å². The Bertz CT molecular complexity index is 452. The van der Waals surface area contributed by atoms with Gasteiger partial charge in [0.25, 0.3) is 5.91 Å². The molecular formula is C14H15NO. The molecule has 0 aliphatic carbocycles. The second-order valence-corrected chi connectivity index (χ2v) is 3.47. The van der Waals surface area contributed by atoms with Crippen LogP contribution in [0, 0.1) is 12.3 Å². The summed E-state index contributed by atoms with van der Waals surface area (Å²) in [7, 11) is 0. The maximum absolute atomic E-state index is 11.7. The fraction of sp³-hybridized carbons (Fsp3) is 0.214. The first-order valence-electron chi connectivity index (χ1n) is 5.22. The highest BCUT2D eigenvalue weighted by Crippen LogP contribution is 2.11. The lowest BCUT2D eigenvalue weighted by molar-refractivity contribution is -0.112. The molecule has 0 atom stereocenters. The van der Waals surface area contributed by atoms with Crippen LogP contribution in [0.5, 0.6) is 0 Å². The van der Waals surface area contributed by atoms with Gasteiger partial charge in [-0.25, -0.2) is 0 Å². The lowest BCUT2D eigenvalue weighted by atomic mass is 10.2. The highest BCUT2D eigenvalue weighted by atomic mass is 16.1. The molecule has 1 N–H and O–H groups in total. The molecule has 0 bridgehead atoms. The molecule has 1 rings (SSSR count). The van der Waals surface area contributed by atoms with Gasteiger partial charge in [0, 0.05) is 16.8 Å². The number of hydrogen-bond donors (Lipinski definition) is 1. The molecule has 1 aromatic rings. The molecule has 0 heterocycles. The number of hydrogen-bond acceptors (Lipinski definition) is 1. The van der Waals surface area contributed by atoms with Gasteiger partial charge in [0.1, 0.15) is 0 Å². The molecule has 0 aromatic heterocycles. The number of rotatable bonds is 3. The van der Waals surface area contributed by atoms with E-state index < -0.39 is 0 Å². The lowest BCUT2D eigenvalue weighted by Crippen LogP contribution is -2.12. The molecule has 82 valence electrons. The van der Waals surface area contributed by atoms with Gasteiger partial charge in [-0.05, 0) is 31.5 Å². The Morgan fingerprint density at radius 2 is 2.31 bits per heavy atom. The van der Waals surface area contributed by atoms with E-state index in [4.69, 9.17) is 6.42 Å². The zero-order chi connectivity index (χ0) is 12.0. The predicted molar refractivity (Wildman–Crippen MR) is 67.1 cm³/mol. The van der Waals surface area contributed by atoms with E-state index >= 15 is 0 Å². The van der Waals surface area contributed by atoms with Crippen LogP contribution in [0.4, 0.5) is 5.69 Å². The lowest BCUT2D eigenvalue weighted by Gasteiger charge is -2.05. The van der Waals surface area contributed by atoms with E-state index in [0.29, 0.717) is 5.57 Å². The minimum absolute atomic E-state index is 0.0870. The average molecular weight is 213 g/mol. The highest BCUT2D eigenvalue weighted by molar-refractivity contribution is 6.03. The largest absolute Gasteiger partial charge is 0.322 e. The number of carbonyl (C=O) groups excluding carboxylic acids is 1. The van der Waals surface area contributed by atoms with Crippen molar-refractivity contribution in [3.8, 4) is 12.3 Å². The molecule has 0 aliphatic rings. The van der Waals surface area contributed by atoms with Gasteiger partial charge in [0.2, 0.25) is 0 Å². The van der Waals surface area contributed by atoms with Crippen LogP contribution in [-0.4, -0.2) is 5.91 Å². The Morgan fingerprint density at radius 1 is 1.56 bits per heavy atom. The molecule has 0 radical (unpaired) electrons. The fourth-order valence-corrected chi connectivity index (χ4v) is 1.32. The van der Waals surface area contributed by atoms with E-state index in [-0.39, 0.29) is 5.91 Å². The average Bonchev–Trinajstić information content (AvgIpc) is 2.29. The first-order chi connectivity index (χ1) is 7.67. The van der Waals surface area contributed by atoms with Crippen molar-refractivity contribution in [2.75, 3.05) is 5.32 Å². The van der Waals surface area contributed by atoms with Crippen molar-refractivity contribution in [3.63, 3.8) is 0 Å². The maximum atomic E-state index is 11.7. The molecule has 1 aromatic carbocycles. The number of nitrogens with one attached hydrogen (secondary N) is 1. The normalized spacial score (nSPS) is 10.7. The second kappa shape index (κ2) is 5.77. The maximum Gasteiger partial charge on any atom is 0.250 e.